The van der Waals surface area contributed by atoms with E-state index in [1.807, 2.05) is 19.1 Å². The summed E-state index contributed by atoms with van der Waals surface area (Å²) in [6.07, 6.45) is 0. The summed E-state index contributed by atoms with van der Waals surface area (Å²) < 4.78 is 5.10. The van der Waals surface area contributed by atoms with Gasteiger partial charge in [-0.1, -0.05) is 0 Å². The summed E-state index contributed by atoms with van der Waals surface area (Å²) in [5, 5.41) is 2.97. The highest BCUT2D eigenvalue weighted by Crippen LogP contribution is 2.22. The molecule has 0 aliphatic carbocycles. The van der Waals surface area contributed by atoms with Gasteiger partial charge in [0.1, 0.15) is 11.6 Å². The Balaban J connectivity index is 2.34. The molecule has 1 aromatic heterocycles. The predicted octanol–water partition coefficient (Wildman–Crippen LogP) is 1.12. The van der Waals surface area contributed by atoms with E-state index in [2.05, 4.69) is 15.3 Å². The summed E-state index contributed by atoms with van der Waals surface area (Å²) in [6.45, 7) is 1.90. The molecule has 0 radical (unpaired) electrons. The molecule has 0 fully saturated rings. The maximum atomic E-state index is 11.2. The van der Waals surface area contributed by atoms with Crippen LogP contribution in [-0.2, 0) is 0 Å². The number of benzene rings is 1. The predicted molar refractivity (Wildman–Crippen MR) is 68.7 cm³/mol. The number of hydrogen-bond donors (Lipinski definition) is 3. The normalized spacial score (nSPS) is 10.1. The maximum absolute atomic E-state index is 11.2. The van der Waals surface area contributed by atoms with E-state index in [-0.39, 0.29) is 0 Å². The Morgan fingerprint density at radius 2 is 1.94 bits per heavy atom. The summed E-state index contributed by atoms with van der Waals surface area (Å²) in [6, 6.07) is 6.74. The smallest absolute Gasteiger partial charge is 0.327 e. The molecule has 3 N–H and O–H groups in total. The average molecular weight is 247 g/mol. The Bertz CT molecular complexity index is 645. The molecule has 2 aromatic rings. The van der Waals surface area contributed by atoms with Crippen LogP contribution in [0.1, 0.15) is 5.56 Å². The Morgan fingerprint density at radius 1 is 1.17 bits per heavy atom. The number of methoxy groups -OCH3 is 1. The van der Waals surface area contributed by atoms with Crippen LogP contribution in [0.25, 0.3) is 0 Å². The zero-order valence-electron chi connectivity index (χ0n) is 10.0. The van der Waals surface area contributed by atoms with Crippen molar-refractivity contribution < 1.29 is 4.74 Å². The van der Waals surface area contributed by atoms with Crippen LogP contribution in [0.4, 0.5) is 11.5 Å². The molecule has 0 aliphatic heterocycles. The van der Waals surface area contributed by atoms with Gasteiger partial charge in [-0.2, -0.15) is 0 Å². The van der Waals surface area contributed by atoms with Crippen LogP contribution in [0, 0.1) is 6.92 Å². The number of rotatable bonds is 3. The molecule has 1 aromatic carbocycles. The molecule has 0 spiro atoms. The summed E-state index contributed by atoms with van der Waals surface area (Å²) in [4.78, 5) is 26.9. The zero-order valence-corrected chi connectivity index (χ0v) is 10.0. The lowest BCUT2D eigenvalue weighted by atomic mass is 10.2. The van der Waals surface area contributed by atoms with E-state index in [0.717, 1.165) is 17.0 Å². The Morgan fingerprint density at radius 3 is 2.56 bits per heavy atom. The fourth-order valence-corrected chi connectivity index (χ4v) is 1.58. The van der Waals surface area contributed by atoms with Crippen LogP contribution in [0.15, 0.2) is 33.9 Å². The van der Waals surface area contributed by atoms with Crippen molar-refractivity contribution in [2.45, 2.75) is 6.92 Å². The molecule has 0 amide bonds. The summed E-state index contributed by atoms with van der Waals surface area (Å²) in [5.74, 6) is 1.09. The lowest BCUT2D eigenvalue weighted by Crippen LogP contribution is -2.22. The first-order valence-electron chi connectivity index (χ1n) is 5.34. The standard InChI is InChI=1S/C12H13N3O3/c1-7-5-8(18-2)3-4-9(7)13-10-6-11(16)15-12(17)14-10/h3-6H,1-2H3,(H3,13,14,15,16,17). The number of aromatic nitrogens is 2. The van der Waals surface area contributed by atoms with E-state index in [1.54, 1.807) is 13.2 Å². The van der Waals surface area contributed by atoms with Gasteiger partial charge in [0.2, 0.25) is 0 Å². The molecule has 18 heavy (non-hydrogen) atoms. The second-order valence-electron chi connectivity index (χ2n) is 3.81. The van der Waals surface area contributed by atoms with Gasteiger partial charge < -0.3 is 10.1 Å². The minimum Gasteiger partial charge on any atom is -0.497 e. The lowest BCUT2D eigenvalue weighted by Gasteiger charge is -2.10. The van der Waals surface area contributed by atoms with E-state index in [9.17, 15) is 9.59 Å². The number of aromatic amines is 2. The first-order chi connectivity index (χ1) is 8.58. The third-order valence-electron chi connectivity index (χ3n) is 2.46. The molecule has 94 valence electrons. The topological polar surface area (TPSA) is 87.0 Å². The van der Waals surface area contributed by atoms with Gasteiger partial charge in [-0.05, 0) is 30.7 Å². The van der Waals surface area contributed by atoms with Crippen molar-refractivity contribution in [2.24, 2.45) is 0 Å². The van der Waals surface area contributed by atoms with E-state index in [1.165, 1.54) is 6.07 Å². The molecular formula is C12H13N3O3. The van der Waals surface area contributed by atoms with Crippen LogP contribution >= 0.6 is 0 Å². The number of anilines is 2. The van der Waals surface area contributed by atoms with E-state index in [0.29, 0.717) is 5.82 Å². The van der Waals surface area contributed by atoms with Crippen LogP contribution in [-0.4, -0.2) is 17.1 Å². The molecule has 0 atom stereocenters. The Hall–Kier alpha value is -2.50. The quantitative estimate of drug-likeness (QED) is 0.758. The number of ether oxygens (including phenoxy) is 1. The summed E-state index contributed by atoms with van der Waals surface area (Å²) in [7, 11) is 1.59. The fourth-order valence-electron chi connectivity index (χ4n) is 1.58. The molecule has 2 rings (SSSR count). The van der Waals surface area contributed by atoms with Crippen molar-refractivity contribution in [1.82, 2.24) is 9.97 Å². The number of H-pyrrole nitrogens is 2. The molecule has 0 saturated heterocycles. The van der Waals surface area contributed by atoms with Gasteiger partial charge in [0.05, 0.1) is 7.11 Å². The molecule has 6 nitrogen and oxygen atoms in total. The molecular weight excluding hydrogens is 234 g/mol. The van der Waals surface area contributed by atoms with Crippen LogP contribution in [0.3, 0.4) is 0 Å². The first-order valence-corrected chi connectivity index (χ1v) is 5.34. The zero-order chi connectivity index (χ0) is 13.1. The van der Waals surface area contributed by atoms with Gasteiger partial charge in [-0.3, -0.25) is 14.8 Å². The van der Waals surface area contributed by atoms with Crippen LogP contribution < -0.4 is 21.3 Å². The largest absolute Gasteiger partial charge is 0.497 e. The Labute approximate surface area is 103 Å². The van der Waals surface area contributed by atoms with Crippen LogP contribution in [0.2, 0.25) is 0 Å². The Kier molecular flexibility index (Phi) is 3.18. The molecule has 6 heteroatoms. The minimum absolute atomic E-state index is 0.344. The summed E-state index contributed by atoms with van der Waals surface area (Å²) >= 11 is 0. The van der Waals surface area contributed by atoms with Crippen molar-refractivity contribution in [3.8, 4) is 5.75 Å². The highest BCUT2D eigenvalue weighted by atomic mass is 16.5. The van der Waals surface area contributed by atoms with Crippen molar-refractivity contribution in [3.05, 3.63) is 50.7 Å². The SMILES string of the molecule is COc1ccc(Nc2cc(=O)[nH]c(=O)[nH]2)c(C)c1. The van der Waals surface area contributed by atoms with Gasteiger partial charge >= 0.3 is 5.69 Å². The number of nitrogens with one attached hydrogen (secondary N) is 3. The van der Waals surface area contributed by atoms with Gasteiger partial charge in [0.25, 0.3) is 5.56 Å². The van der Waals surface area contributed by atoms with E-state index >= 15 is 0 Å². The van der Waals surface area contributed by atoms with Crippen molar-refractivity contribution >= 4 is 11.5 Å². The number of hydrogen-bond acceptors (Lipinski definition) is 4. The third-order valence-corrected chi connectivity index (χ3v) is 2.46. The van der Waals surface area contributed by atoms with Crippen molar-refractivity contribution in [3.63, 3.8) is 0 Å². The average Bonchev–Trinajstić information content (AvgIpc) is 2.30. The lowest BCUT2D eigenvalue weighted by molar-refractivity contribution is 0.414. The third kappa shape index (κ3) is 2.60. The van der Waals surface area contributed by atoms with Gasteiger partial charge in [-0.15, -0.1) is 0 Å². The fraction of sp³-hybridized carbons (Fsp3) is 0.167. The van der Waals surface area contributed by atoms with Gasteiger partial charge in [0, 0.05) is 11.8 Å². The van der Waals surface area contributed by atoms with Crippen molar-refractivity contribution in [2.75, 3.05) is 12.4 Å². The highest BCUT2D eigenvalue weighted by molar-refractivity contribution is 5.61. The van der Waals surface area contributed by atoms with Crippen molar-refractivity contribution in [1.29, 1.82) is 0 Å². The first kappa shape index (κ1) is 12.0. The number of aryl methyl sites for hydroxylation is 1. The van der Waals surface area contributed by atoms with Crippen LogP contribution in [0.5, 0.6) is 5.75 Å². The molecule has 0 saturated carbocycles. The van der Waals surface area contributed by atoms with Gasteiger partial charge in [-0.25, -0.2) is 4.79 Å². The monoisotopic (exact) mass is 247 g/mol. The molecule has 0 aliphatic rings. The molecule has 0 unspecified atom stereocenters. The minimum atomic E-state index is -0.545. The maximum Gasteiger partial charge on any atom is 0.327 e. The van der Waals surface area contributed by atoms with E-state index in [4.69, 9.17) is 4.74 Å². The second-order valence-corrected chi connectivity index (χ2v) is 3.81. The highest BCUT2D eigenvalue weighted by Gasteiger charge is 2.02. The summed E-state index contributed by atoms with van der Waals surface area (Å²) in [5.41, 5.74) is 0.733. The molecule has 0 bridgehead atoms. The second kappa shape index (κ2) is 4.79. The molecule has 1 heterocycles. The van der Waals surface area contributed by atoms with E-state index < -0.39 is 11.2 Å². The van der Waals surface area contributed by atoms with Gasteiger partial charge in [0.15, 0.2) is 0 Å².